The van der Waals surface area contributed by atoms with Gasteiger partial charge in [-0.2, -0.15) is 0 Å². The van der Waals surface area contributed by atoms with Gasteiger partial charge >= 0.3 is 0 Å². The second kappa shape index (κ2) is 3.15. The molecule has 0 heterocycles. The summed E-state index contributed by atoms with van der Waals surface area (Å²) in [6.45, 7) is 4.36. The molecule has 0 bridgehead atoms. The molecule has 1 atom stereocenters. The first-order valence-electron chi connectivity index (χ1n) is 5.04. The van der Waals surface area contributed by atoms with Crippen molar-refractivity contribution < 1.29 is 0 Å². The number of aryl methyl sites for hydroxylation is 2. The van der Waals surface area contributed by atoms with Crippen molar-refractivity contribution >= 4 is 0 Å². The van der Waals surface area contributed by atoms with Gasteiger partial charge in [-0.05, 0) is 55.4 Å². The van der Waals surface area contributed by atoms with Crippen LogP contribution in [-0.4, -0.2) is 0 Å². The van der Waals surface area contributed by atoms with E-state index in [1.54, 1.807) is 0 Å². The summed E-state index contributed by atoms with van der Waals surface area (Å²) in [5.41, 5.74) is 11.8. The zero-order valence-electron chi connectivity index (χ0n) is 8.43. The summed E-state index contributed by atoms with van der Waals surface area (Å²) in [6.07, 6.45) is 3.62. The fraction of sp³-hybridized carbons (Fsp3) is 0.500. The van der Waals surface area contributed by atoms with Gasteiger partial charge in [0.1, 0.15) is 0 Å². The minimum atomic E-state index is 0.281. The van der Waals surface area contributed by atoms with Crippen molar-refractivity contribution in [2.75, 3.05) is 0 Å². The van der Waals surface area contributed by atoms with Crippen LogP contribution < -0.4 is 5.73 Å². The van der Waals surface area contributed by atoms with Crippen LogP contribution in [-0.2, 0) is 6.42 Å². The Kier molecular flexibility index (Phi) is 2.12. The quantitative estimate of drug-likeness (QED) is 0.644. The minimum absolute atomic E-state index is 0.281. The molecule has 1 aliphatic carbocycles. The molecule has 70 valence electrons. The predicted octanol–water partition coefficient (Wildman–Crippen LogP) is 2.64. The number of hydrogen-bond donors (Lipinski definition) is 1. The molecule has 0 amide bonds. The van der Waals surface area contributed by atoms with Crippen molar-refractivity contribution in [1.82, 2.24) is 0 Å². The Balaban J connectivity index is 2.60. The lowest BCUT2D eigenvalue weighted by Crippen LogP contribution is -2.19. The van der Waals surface area contributed by atoms with Gasteiger partial charge in [-0.25, -0.2) is 0 Å². The molecule has 1 nitrogen and oxygen atoms in total. The van der Waals surface area contributed by atoms with E-state index in [-0.39, 0.29) is 6.04 Å². The second-order valence-corrected chi connectivity index (χ2v) is 4.09. The molecular weight excluding hydrogens is 158 g/mol. The van der Waals surface area contributed by atoms with Crippen LogP contribution >= 0.6 is 0 Å². The first-order chi connectivity index (χ1) is 6.20. The van der Waals surface area contributed by atoms with Crippen molar-refractivity contribution in [2.45, 2.75) is 39.2 Å². The fourth-order valence-corrected chi connectivity index (χ4v) is 2.38. The fourth-order valence-electron chi connectivity index (χ4n) is 2.38. The summed E-state index contributed by atoms with van der Waals surface area (Å²) in [5, 5.41) is 0. The van der Waals surface area contributed by atoms with Gasteiger partial charge in [-0.3, -0.25) is 0 Å². The summed E-state index contributed by atoms with van der Waals surface area (Å²) in [5.74, 6) is 0. The van der Waals surface area contributed by atoms with Crippen LogP contribution in [0.25, 0.3) is 0 Å². The molecule has 0 radical (unpaired) electrons. The van der Waals surface area contributed by atoms with Gasteiger partial charge in [-0.15, -0.1) is 0 Å². The molecule has 1 aromatic carbocycles. The third kappa shape index (κ3) is 1.37. The molecule has 0 saturated heterocycles. The van der Waals surface area contributed by atoms with Gasteiger partial charge in [0.05, 0.1) is 0 Å². The predicted molar refractivity (Wildman–Crippen MR) is 55.8 cm³/mol. The highest BCUT2D eigenvalue weighted by Gasteiger charge is 2.19. The molecule has 0 aliphatic heterocycles. The van der Waals surface area contributed by atoms with Crippen LogP contribution in [0.15, 0.2) is 12.1 Å². The Hall–Kier alpha value is -0.820. The van der Waals surface area contributed by atoms with Gasteiger partial charge in [0.15, 0.2) is 0 Å². The van der Waals surface area contributed by atoms with Crippen LogP contribution in [0.2, 0.25) is 0 Å². The smallest absolute Gasteiger partial charge is 0.0300 e. The monoisotopic (exact) mass is 175 g/mol. The highest BCUT2D eigenvalue weighted by Crippen LogP contribution is 2.32. The zero-order chi connectivity index (χ0) is 9.42. The third-order valence-electron chi connectivity index (χ3n) is 3.12. The molecule has 0 spiro atoms. The maximum Gasteiger partial charge on any atom is 0.0300 e. The zero-order valence-corrected chi connectivity index (χ0v) is 8.43. The van der Waals surface area contributed by atoms with E-state index in [0.29, 0.717) is 0 Å². The normalized spacial score (nSPS) is 21.3. The SMILES string of the molecule is Cc1ccc(C)c2c1CCC[C@@H]2N. The minimum Gasteiger partial charge on any atom is -0.324 e. The highest BCUT2D eigenvalue weighted by atomic mass is 14.6. The van der Waals surface area contributed by atoms with Gasteiger partial charge in [0.2, 0.25) is 0 Å². The molecular formula is C12H17N. The summed E-state index contributed by atoms with van der Waals surface area (Å²) in [7, 11) is 0. The van der Waals surface area contributed by atoms with Gasteiger partial charge in [0, 0.05) is 6.04 Å². The Morgan fingerprint density at radius 3 is 2.62 bits per heavy atom. The van der Waals surface area contributed by atoms with Crippen LogP contribution in [0.5, 0.6) is 0 Å². The topological polar surface area (TPSA) is 26.0 Å². The van der Waals surface area contributed by atoms with Crippen LogP contribution in [0.1, 0.15) is 41.1 Å². The molecule has 2 rings (SSSR count). The lowest BCUT2D eigenvalue weighted by Gasteiger charge is -2.25. The number of fused-ring (bicyclic) bond motifs is 1. The van der Waals surface area contributed by atoms with Gasteiger partial charge < -0.3 is 5.73 Å². The number of rotatable bonds is 0. The van der Waals surface area contributed by atoms with E-state index in [0.717, 1.165) is 6.42 Å². The lowest BCUT2D eigenvalue weighted by atomic mass is 9.83. The van der Waals surface area contributed by atoms with Crippen LogP contribution in [0.4, 0.5) is 0 Å². The average Bonchev–Trinajstić information content (AvgIpc) is 2.12. The standard InChI is InChI=1S/C12H17N/c1-8-6-7-9(2)12-10(8)4-3-5-11(12)13/h6-7,11H,3-5,13H2,1-2H3/t11-/m0/s1. The summed E-state index contributed by atoms with van der Waals surface area (Å²) < 4.78 is 0. The molecule has 0 fully saturated rings. The molecule has 1 aliphatic rings. The molecule has 2 N–H and O–H groups in total. The van der Waals surface area contributed by atoms with E-state index in [1.165, 1.54) is 35.1 Å². The number of nitrogens with two attached hydrogens (primary N) is 1. The van der Waals surface area contributed by atoms with Crippen molar-refractivity contribution in [1.29, 1.82) is 0 Å². The largest absolute Gasteiger partial charge is 0.324 e. The molecule has 1 heteroatoms. The maximum atomic E-state index is 6.12. The highest BCUT2D eigenvalue weighted by molar-refractivity contribution is 5.43. The first-order valence-corrected chi connectivity index (χ1v) is 5.04. The summed E-state index contributed by atoms with van der Waals surface area (Å²) >= 11 is 0. The van der Waals surface area contributed by atoms with Crippen LogP contribution in [0, 0.1) is 13.8 Å². The van der Waals surface area contributed by atoms with E-state index < -0.39 is 0 Å². The van der Waals surface area contributed by atoms with E-state index in [1.807, 2.05) is 0 Å². The Morgan fingerprint density at radius 2 is 1.92 bits per heavy atom. The molecule has 1 aromatic rings. The van der Waals surface area contributed by atoms with Crippen molar-refractivity contribution in [3.05, 3.63) is 34.4 Å². The van der Waals surface area contributed by atoms with E-state index in [2.05, 4.69) is 26.0 Å². The molecule has 0 unspecified atom stereocenters. The number of hydrogen-bond acceptors (Lipinski definition) is 1. The Labute approximate surface area is 80.0 Å². The van der Waals surface area contributed by atoms with Crippen molar-refractivity contribution in [2.24, 2.45) is 5.73 Å². The maximum absolute atomic E-state index is 6.12. The molecule has 0 saturated carbocycles. The van der Waals surface area contributed by atoms with Crippen molar-refractivity contribution in [3.8, 4) is 0 Å². The first kappa shape index (κ1) is 8.76. The second-order valence-electron chi connectivity index (χ2n) is 4.09. The van der Waals surface area contributed by atoms with Crippen LogP contribution in [0.3, 0.4) is 0 Å². The lowest BCUT2D eigenvalue weighted by molar-refractivity contribution is 0.565. The van der Waals surface area contributed by atoms with E-state index in [4.69, 9.17) is 5.73 Å². The average molecular weight is 175 g/mol. The number of benzene rings is 1. The molecule has 0 aromatic heterocycles. The molecule has 13 heavy (non-hydrogen) atoms. The Morgan fingerprint density at radius 1 is 1.23 bits per heavy atom. The van der Waals surface area contributed by atoms with Gasteiger partial charge in [0.25, 0.3) is 0 Å². The van der Waals surface area contributed by atoms with Gasteiger partial charge in [-0.1, -0.05) is 12.1 Å². The summed E-state index contributed by atoms with van der Waals surface area (Å²) in [4.78, 5) is 0. The van der Waals surface area contributed by atoms with Crippen molar-refractivity contribution in [3.63, 3.8) is 0 Å². The Bertz CT molecular complexity index is 328. The summed E-state index contributed by atoms with van der Waals surface area (Å²) in [6, 6.07) is 4.69. The third-order valence-corrected chi connectivity index (χ3v) is 3.12. The van der Waals surface area contributed by atoms with E-state index in [9.17, 15) is 0 Å². The van der Waals surface area contributed by atoms with E-state index >= 15 is 0 Å².